The van der Waals surface area contributed by atoms with Crippen LogP contribution in [0.2, 0.25) is 0 Å². The Bertz CT molecular complexity index is 813. The summed E-state index contributed by atoms with van der Waals surface area (Å²) in [5.74, 6) is 0.378. The molecule has 1 atom stereocenters. The topological polar surface area (TPSA) is 62.1 Å². The van der Waals surface area contributed by atoms with Crippen molar-refractivity contribution < 1.29 is 18.3 Å². The van der Waals surface area contributed by atoms with E-state index in [9.17, 15) is 18.8 Å². The molecular weight excluding hydrogens is 418 g/mol. The van der Waals surface area contributed by atoms with Crippen LogP contribution in [-0.2, 0) is 11.2 Å². The number of ketones is 1. The average Bonchev–Trinajstić information content (AvgIpc) is 2.65. The smallest absolute Gasteiger partial charge is 0.272 e. The fourth-order valence-corrected chi connectivity index (χ4v) is 2.98. The van der Waals surface area contributed by atoms with Crippen LogP contribution >= 0.6 is 15.9 Å². The number of halogens is 3. The fraction of sp³-hybridized carbons (Fsp3) is 0.400. The molecule has 1 aromatic carbocycles. The summed E-state index contributed by atoms with van der Waals surface area (Å²) >= 11 is 3.30. The van der Waals surface area contributed by atoms with Gasteiger partial charge in [0.05, 0.1) is 15.7 Å². The molecule has 0 amide bonds. The van der Waals surface area contributed by atoms with Crippen molar-refractivity contribution in [1.82, 2.24) is 0 Å². The first-order valence-electron chi connectivity index (χ1n) is 8.71. The highest BCUT2D eigenvalue weighted by molar-refractivity contribution is 9.10. The molecule has 1 heterocycles. The molecule has 0 aromatic heterocycles. The zero-order valence-electron chi connectivity index (χ0n) is 15.2. The predicted octanol–water partition coefficient (Wildman–Crippen LogP) is 5.40. The van der Waals surface area contributed by atoms with Crippen LogP contribution in [0.5, 0.6) is 5.75 Å². The largest absolute Gasteiger partial charge is 0.486 e. The lowest BCUT2D eigenvalue weighted by molar-refractivity contribution is -0.111. The van der Waals surface area contributed by atoms with Gasteiger partial charge in [-0.1, -0.05) is 32.4 Å². The van der Waals surface area contributed by atoms with Crippen LogP contribution in [0.4, 0.5) is 14.5 Å². The molecule has 7 heteroatoms. The van der Waals surface area contributed by atoms with Crippen molar-refractivity contribution in [2.75, 3.05) is 11.9 Å². The van der Waals surface area contributed by atoms with E-state index in [0.717, 1.165) is 12.0 Å². The normalized spacial score (nSPS) is 14.7. The quantitative estimate of drug-likeness (QED) is 0.435. The molecule has 1 aliphatic heterocycles. The number of carbonyl (C=O) groups excluding carboxylic acids is 1. The van der Waals surface area contributed by atoms with Crippen LogP contribution in [0.15, 0.2) is 40.0 Å². The molecular formula is C20H21BrF2N2O2. The van der Waals surface area contributed by atoms with Crippen molar-refractivity contribution in [1.29, 1.82) is 5.26 Å². The van der Waals surface area contributed by atoms with Crippen molar-refractivity contribution in [3.8, 4) is 11.8 Å². The maximum atomic E-state index is 12.6. The summed E-state index contributed by atoms with van der Waals surface area (Å²) < 4.78 is 30.3. The second-order valence-corrected chi connectivity index (χ2v) is 7.25. The molecule has 0 saturated carbocycles. The number of nitriles is 1. The van der Waals surface area contributed by atoms with Gasteiger partial charge in [0.15, 0.2) is 0 Å². The molecule has 4 nitrogen and oxygen atoms in total. The van der Waals surface area contributed by atoms with Gasteiger partial charge in [-0.25, -0.2) is 8.78 Å². The first-order valence-corrected chi connectivity index (χ1v) is 9.50. The first kappa shape index (κ1) is 21.1. The number of Topliss-reactive ketones (excluding diaryl/α,β-unsaturated/α-hetero) is 1. The van der Waals surface area contributed by atoms with Crippen LogP contribution in [0.1, 0.15) is 32.3 Å². The van der Waals surface area contributed by atoms with Crippen LogP contribution in [0, 0.1) is 17.2 Å². The number of nitrogens with one attached hydrogen (secondary N) is 1. The number of nitrogens with zero attached hydrogens (tertiary/aromatic N) is 1. The zero-order valence-corrected chi connectivity index (χ0v) is 16.8. The molecule has 2 rings (SSSR count). The number of fused-ring (bicyclic) bond motifs is 1. The lowest BCUT2D eigenvalue weighted by Crippen LogP contribution is -2.18. The molecule has 1 N–H and O–H groups in total. The van der Waals surface area contributed by atoms with Crippen molar-refractivity contribution >= 4 is 27.4 Å². The van der Waals surface area contributed by atoms with Gasteiger partial charge in [-0.2, -0.15) is 5.26 Å². The summed E-state index contributed by atoms with van der Waals surface area (Å²) in [5.41, 5.74) is 1.96. The Balaban J connectivity index is 2.16. The van der Waals surface area contributed by atoms with Crippen molar-refractivity contribution in [2.24, 2.45) is 5.92 Å². The lowest BCUT2D eigenvalue weighted by Gasteiger charge is -2.20. The van der Waals surface area contributed by atoms with E-state index in [4.69, 9.17) is 4.74 Å². The van der Waals surface area contributed by atoms with Crippen LogP contribution < -0.4 is 10.1 Å². The zero-order chi connectivity index (χ0) is 20.0. The Morgan fingerprint density at radius 3 is 2.85 bits per heavy atom. The molecule has 1 unspecified atom stereocenters. The van der Waals surface area contributed by atoms with E-state index in [2.05, 4.69) is 35.1 Å². The summed E-state index contributed by atoms with van der Waals surface area (Å²) in [5, 5.41) is 12.3. The van der Waals surface area contributed by atoms with E-state index in [-0.39, 0.29) is 11.4 Å². The second-order valence-electron chi connectivity index (χ2n) is 6.40. The SMILES string of the molecule is CCC(C)C/C=C(\C#N)C(=O)C1=CCc2cc(OCC(F)F)c(Br)cc2N1. The van der Waals surface area contributed by atoms with E-state index in [0.29, 0.717) is 40.4 Å². The molecule has 27 heavy (non-hydrogen) atoms. The fourth-order valence-electron chi connectivity index (χ4n) is 2.52. The highest BCUT2D eigenvalue weighted by atomic mass is 79.9. The van der Waals surface area contributed by atoms with E-state index < -0.39 is 13.0 Å². The maximum Gasteiger partial charge on any atom is 0.272 e. The highest BCUT2D eigenvalue weighted by Gasteiger charge is 2.21. The molecule has 0 bridgehead atoms. The van der Waals surface area contributed by atoms with Crippen molar-refractivity contribution in [3.05, 3.63) is 45.6 Å². The van der Waals surface area contributed by atoms with Crippen LogP contribution in [0.3, 0.4) is 0 Å². The molecule has 0 aliphatic carbocycles. The average molecular weight is 439 g/mol. The van der Waals surface area contributed by atoms with Crippen molar-refractivity contribution in [2.45, 2.75) is 39.5 Å². The Labute approximate surface area is 166 Å². The molecule has 144 valence electrons. The number of ether oxygens (including phenoxy) is 1. The van der Waals surface area contributed by atoms with Gasteiger partial charge in [0.25, 0.3) is 6.43 Å². The minimum Gasteiger partial charge on any atom is -0.486 e. The lowest BCUT2D eigenvalue weighted by atomic mass is 9.98. The van der Waals surface area contributed by atoms with Gasteiger partial charge >= 0.3 is 0 Å². The second kappa shape index (κ2) is 9.65. The van der Waals surface area contributed by atoms with Gasteiger partial charge in [0.1, 0.15) is 18.4 Å². The Morgan fingerprint density at radius 2 is 2.22 bits per heavy atom. The molecule has 0 radical (unpaired) electrons. The Morgan fingerprint density at radius 1 is 1.48 bits per heavy atom. The number of alkyl halides is 2. The standard InChI is InChI=1S/C20H21BrF2N2O2/c1-3-12(2)4-5-14(10-24)20(26)16-7-6-13-8-18(27-11-19(22)23)15(21)9-17(13)25-16/h5,7-9,12,19,25H,3-4,6,11H2,1-2H3/b14-5+. The van der Waals surface area contributed by atoms with Gasteiger partial charge in [0.2, 0.25) is 5.78 Å². The third-order valence-electron chi connectivity index (χ3n) is 4.35. The van der Waals surface area contributed by atoms with Gasteiger partial charge in [-0.15, -0.1) is 0 Å². The van der Waals surface area contributed by atoms with Crippen LogP contribution in [0.25, 0.3) is 0 Å². The van der Waals surface area contributed by atoms with Gasteiger partial charge in [-0.3, -0.25) is 4.79 Å². The Hall–Kier alpha value is -2.20. The summed E-state index contributed by atoms with van der Waals surface area (Å²) in [6.45, 7) is 3.44. The summed E-state index contributed by atoms with van der Waals surface area (Å²) in [6.07, 6.45) is 2.91. The van der Waals surface area contributed by atoms with Gasteiger partial charge in [-0.05, 0) is 52.4 Å². The molecule has 0 spiro atoms. The van der Waals surface area contributed by atoms with E-state index in [1.54, 1.807) is 24.3 Å². The number of anilines is 1. The maximum absolute atomic E-state index is 12.6. The third kappa shape index (κ3) is 5.64. The number of allylic oxidation sites excluding steroid dienone is 3. The number of carbonyl (C=O) groups is 1. The monoisotopic (exact) mass is 438 g/mol. The highest BCUT2D eigenvalue weighted by Crippen LogP contribution is 2.35. The Kier molecular flexibility index (Phi) is 7.55. The first-order chi connectivity index (χ1) is 12.8. The number of hydrogen-bond acceptors (Lipinski definition) is 4. The molecule has 0 fully saturated rings. The molecule has 1 aromatic rings. The van der Waals surface area contributed by atoms with Gasteiger partial charge < -0.3 is 10.1 Å². The minimum atomic E-state index is -2.55. The summed E-state index contributed by atoms with van der Waals surface area (Å²) in [7, 11) is 0. The molecule has 0 saturated heterocycles. The van der Waals surface area contributed by atoms with Crippen LogP contribution in [-0.4, -0.2) is 18.8 Å². The predicted molar refractivity (Wildman–Crippen MR) is 104 cm³/mol. The minimum absolute atomic E-state index is 0.119. The molecule has 1 aliphatic rings. The van der Waals surface area contributed by atoms with E-state index in [1.165, 1.54) is 0 Å². The summed E-state index contributed by atoms with van der Waals surface area (Å²) in [6, 6.07) is 5.33. The van der Waals surface area contributed by atoms with E-state index >= 15 is 0 Å². The van der Waals surface area contributed by atoms with Crippen molar-refractivity contribution in [3.63, 3.8) is 0 Å². The number of hydrogen-bond donors (Lipinski definition) is 1. The van der Waals surface area contributed by atoms with Gasteiger partial charge in [0, 0.05) is 5.69 Å². The third-order valence-corrected chi connectivity index (χ3v) is 4.97. The number of benzene rings is 1. The van der Waals surface area contributed by atoms with E-state index in [1.807, 2.05) is 6.07 Å². The number of rotatable bonds is 8. The summed E-state index contributed by atoms with van der Waals surface area (Å²) in [4.78, 5) is 12.6.